The van der Waals surface area contributed by atoms with Crippen LogP contribution in [-0.2, 0) is 4.74 Å². The largest absolute Gasteiger partial charge is 0.461 e. The molecular formula is C17H22N4O3. The third kappa shape index (κ3) is 4.84. The summed E-state index contributed by atoms with van der Waals surface area (Å²) in [6.45, 7) is 4.76. The molecule has 0 spiro atoms. The molecule has 0 unspecified atom stereocenters. The van der Waals surface area contributed by atoms with Crippen LogP contribution >= 0.6 is 0 Å². The highest BCUT2D eigenvalue weighted by Gasteiger charge is 2.11. The Morgan fingerprint density at radius 3 is 2.83 bits per heavy atom. The second kappa shape index (κ2) is 8.71. The molecule has 0 saturated carbocycles. The monoisotopic (exact) mass is 330 g/mol. The summed E-state index contributed by atoms with van der Waals surface area (Å²) in [6.07, 6.45) is 3.64. The standard InChI is InChI=1S/C17H22N4O3/c1-3-5-10-18-17(23)19-13-7-6-8-14(12-13)21-11-9-15(20-21)16(22)24-4-2/h6-9,11-12H,3-5,10H2,1-2H3,(H2,18,19,23). The Hall–Kier alpha value is -2.83. The highest BCUT2D eigenvalue weighted by Crippen LogP contribution is 2.14. The Morgan fingerprint density at radius 1 is 1.25 bits per heavy atom. The van der Waals surface area contributed by atoms with Crippen molar-refractivity contribution in [2.45, 2.75) is 26.7 Å². The molecular weight excluding hydrogens is 308 g/mol. The molecule has 24 heavy (non-hydrogen) atoms. The van der Waals surface area contributed by atoms with Crippen molar-refractivity contribution in [3.05, 3.63) is 42.2 Å². The van der Waals surface area contributed by atoms with Crippen molar-refractivity contribution >= 4 is 17.7 Å². The van der Waals surface area contributed by atoms with Gasteiger partial charge in [-0.2, -0.15) is 5.10 Å². The fourth-order valence-electron chi connectivity index (χ4n) is 2.06. The summed E-state index contributed by atoms with van der Waals surface area (Å²) in [5.74, 6) is -0.458. The first-order valence-electron chi connectivity index (χ1n) is 8.02. The normalized spacial score (nSPS) is 10.2. The SMILES string of the molecule is CCCCNC(=O)Nc1cccc(-n2ccc(C(=O)OCC)n2)c1. The fourth-order valence-corrected chi connectivity index (χ4v) is 2.06. The number of ether oxygens (including phenoxy) is 1. The maximum atomic E-state index is 11.8. The molecule has 2 amide bonds. The lowest BCUT2D eigenvalue weighted by Gasteiger charge is -2.09. The van der Waals surface area contributed by atoms with Gasteiger partial charge in [0.1, 0.15) is 0 Å². The zero-order valence-electron chi connectivity index (χ0n) is 13.9. The van der Waals surface area contributed by atoms with Crippen LogP contribution < -0.4 is 10.6 Å². The maximum Gasteiger partial charge on any atom is 0.358 e. The third-order valence-electron chi connectivity index (χ3n) is 3.26. The molecule has 0 fully saturated rings. The van der Waals surface area contributed by atoms with E-state index in [9.17, 15) is 9.59 Å². The number of carbonyl (C=O) groups is 2. The van der Waals surface area contributed by atoms with Crippen LogP contribution in [0.15, 0.2) is 36.5 Å². The number of nitrogens with zero attached hydrogens (tertiary/aromatic N) is 2. The number of urea groups is 1. The molecule has 7 heteroatoms. The number of anilines is 1. The van der Waals surface area contributed by atoms with E-state index >= 15 is 0 Å². The van der Waals surface area contributed by atoms with Crippen molar-refractivity contribution in [1.29, 1.82) is 0 Å². The molecule has 2 aromatic rings. The molecule has 0 bridgehead atoms. The van der Waals surface area contributed by atoms with Gasteiger partial charge in [0.25, 0.3) is 0 Å². The zero-order valence-corrected chi connectivity index (χ0v) is 13.9. The van der Waals surface area contributed by atoms with Gasteiger partial charge in [-0.25, -0.2) is 14.3 Å². The third-order valence-corrected chi connectivity index (χ3v) is 3.26. The number of nitrogens with one attached hydrogen (secondary N) is 2. The van der Waals surface area contributed by atoms with Crippen molar-refractivity contribution in [2.75, 3.05) is 18.5 Å². The molecule has 0 radical (unpaired) electrons. The van der Waals surface area contributed by atoms with E-state index in [0.717, 1.165) is 18.5 Å². The van der Waals surface area contributed by atoms with Crippen LogP contribution in [0.2, 0.25) is 0 Å². The molecule has 128 valence electrons. The van der Waals surface area contributed by atoms with Gasteiger partial charge in [0, 0.05) is 18.4 Å². The first-order chi connectivity index (χ1) is 11.6. The number of aromatic nitrogens is 2. The number of rotatable bonds is 7. The topological polar surface area (TPSA) is 85.2 Å². The summed E-state index contributed by atoms with van der Waals surface area (Å²) in [4.78, 5) is 23.5. The molecule has 1 aromatic carbocycles. The van der Waals surface area contributed by atoms with Crippen LogP contribution in [0.3, 0.4) is 0 Å². The highest BCUT2D eigenvalue weighted by molar-refractivity contribution is 5.89. The van der Waals surface area contributed by atoms with Crippen LogP contribution in [0.25, 0.3) is 5.69 Å². The molecule has 2 rings (SSSR count). The maximum absolute atomic E-state index is 11.8. The number of amides is 2. The van der Waals surface area contributed by atoms with Gasteiger partial charge in [-0.05, 0) is 37.6 Å². The number of esters is 1. The predicted octanol–water partition coefficient (Wildman–Crippen LogP) is 2.97. The summed E-state index contributed by atoms with van der Waals surface area (Å²) >= 11 is 0. The number of benzene rings is 1. The predicted molar refractivity (Wildman–Crippen MR) is 91.4 cm³/mol. The van der Waals surface area contributed by atoms with E-state index in [1.807, 2.05) is 12.1 Å². The summed E-state index contributed by atoms with van der Waals surface area (Å²) in [6, 6.07) is 8.56. The second-order valence-corrected chi connectivity index (χ2v) is 5.15. The van der Waals surface area contributed by atoms with Gasteiger partial charge in [0.2, 0.25) is 0 Å². The minimum Gasteiger partial charge on any atom is -0.461 e. The molecule has 0 aliphatic rings. The minimum absolute atomic E-state index is 0.242. The lowest BCUT2D eigenvalue weighted by atomic mass is 10.3. The Balaban J connectivity index is 2.05. The molecule has 0 aliphatic carbocycles. The molecule has 2 N–H and O–H groups in total. The second-order valence-electron chi connectivity index (χ2n) is 5.15. The van der Waals surface area contributed by atoms with Crippen LogP contribution in [0.4, 0.5) is 10.5 Å². The highest BCUT2D eigenvalue weighted by atomic mass is 16.5. The van der Waals surface area contributed by atoms with Gasteiger partial charge in [-0.3, -0.25) is 0 Å². The molecule has 1 heterocycles. The van der Waals surface area contributed by atoms with Crippen molar-refractivity contribution < 1.29 is 14.3 Å². The zero-order chi connectivity index (χ0) is 17.4. The minimum atomic E-state index is -0.458. The average molecular weight is 330 g/mol. The van der Waals surface area contributed by atoms with E-state index in [0.29, 0.717) is 18.8 Å². The van der Waals surface area contributed by atoms with E-state index in [2.05, 4.69) is 22.7 Å². The van der Waals surface area contributed by atoms with Crippen LogP contribution in [-0.4, -0.2) is 34.9 Å². The van der Waals surface area contributed by atoms with E-state index in [-0.39, 0.29) is 11.7 Å². The van der Waals surface area contributed by atoms with Crippen molar-refractivity contribution in [3.63, 3.8) is 0 Å². The Bertz CT molecular complexity index is 697. The Morgan fingerprint density at radius 2 is 2.08 bits per heavy atom. The lowest BCUT2D eigenvalue weighted by molar-refractivity contribution is 0.0519. The van der Waals surface area contributed by atoms with Gasteiger partial charge in [0.15, 0.2) is 5.69 Å². The van der Waals surface area contributed by atoms with Gasteiger partial charge < -0.3 is 15.4 Å². The summed E-state index contributed by atoms with van der Waals surface area (Å²) < 4.78 is 6.48. The van der Waals surface area contributed by atoms with Gasteiger partial charge in [0.05, 0.1) is 12.3 Å². The molecule has 7 nitrogen and oxygen atoms in total. The van der Waals surface area contributed by atoms with Crippen molar-refractivity contribution in [3.8, 4) is 5.69 Å². The fraction of sp³-hybridized carbons (Fsp3) is 0.353. The van der Waals surface area contributed by atoms with E-state index in [4.69, 9.17) is 4.74 Å². The van der Waals surface area contributed by atoms with Crippen LogP contribution in [0, 0.1) is 0 Å². The van der Waals surface area contributed by atoms with Crippen molar-refractivity contribution in [2.24, 2.45) is 0 Å². The van der Waals surface area contributed by atoms with Gasteiger partial charge in [-0.15, -0.1) is 0 Å². The van der Waals surface area contributed by atoms with E-state index in [1.165, 1.54) is 0 Å². The summed E-state index contributed by atoms with van der Waals surface area (Å²) in [7, 11) is 0. The summed E-state index contributed by atoms with van der Waals surface area (Å²) in [5.41, 5.74) is 1.62. The first-order valence-corrected chi connectivity index (χ1v) is 8.02. The van der Waals surface area contributed by atoms with Crippen LogP contribution in [0.1, 0.15) is 37.2 Å². The molecule has 0 aliphatic heterocycles. The Kier molecular flexibility index (Phi) is 6.36. The van der Waals surface area contributed by atoms with E-state index in [1.54, 1.807) is 36.0 Å². The smallest absolute Gasteiger partial charge is 0.358 e. The van der Waals surface area contributed by atoms with Crippen LogP contribution in [0.5, 0.6) is 0 Å². The van der Waals surface area contributed by atoms with Gasteiger partial charge in [-0.1, -0.05) is 19.4 Å². The summed E-state index contributed by atoms with van der Waals surface area (Å²) in [5, 5.41) is 9.76. The molecule has 1 aromatic heterocycles. The van der Waals surface area contributed by atoms with Crippen molar-refractivity contribution in [1.82, 2.24) is 15.1 Å². The number of unbranched alkanes of at least 4 members (excludes halogenated alkanes) is 1. The number of hydrogen-bond donors (Lipinski definition) is 2. The molecule has 0 saturated heterocycles. The number of hydrogen-bond acceptors (Lipinski definition) is 4. The van der Waals surface area contributed by atoms with E-state index < -0.39 is 5.97 Å². The first kappa shape index (κ1) is 17.5. The van der Waals surface area contributed by atoms with Gasteiger partial charge >= 0.3 is 12.0 Å². The lowest BCUT2D eigenvalue weighted by Crippen LogP contribution is -2.29. The quantitative estimate of drug-likeness (QED) is 0.604. The Labute approximate surface area is 141 Å². The number of carbonyl (C=O) groups excluding carboxylic acids is 2. The average Bonchev–Trinajstić information content (AvgIpc) is 3.06. The molecule has 0 atom stereocenters.